The molecule has 0 unspecified atom stereocenters. The van der Waals surface area contributed by atoms with Gasteiger partial charge in [-0.05, 0) is 86.1 Å². The third kappa shape index (κ3) is 5.03. The van der Waals surface area contributed by atoms with Gasteiger partial charge in [-0.15, -0.1) is 11.3 Å². The van der Waals surface area contributed by atoms with Crippen molar-refractivity contribution in [2.45, 2.75) is 40.0 Å². The van der Waals surface area contributed by atoms with Crippen molar-refractivity contribution in [1.29, 1.82) is 0 Å². The summed E-state index contributed by atoms with van der Waals surface area (Å²) in [4.78, 5) is 18.3. The molecule has 7 heteroatoms. The minimum atomic E-state index is -0.366. The van der Waals surface area contributed by atoms with Crippen LogP contribution in [0.2, 0.25) is 0 Å². The van der Waals surface area contributed by atoms with Crippen LogP contribution in [0.1, 0.15) is 50.8 Å². The number of aromatic hydroxyl groups is 1. The molecule has 1 aliphatic rings. The van der Waals surface area contributed by atoms with Crippen LogP contribution < -0.4 is 0 Å². The lowest BCUT2D eigenvalue weighted by atomic mass is 9.88. The predicted octanol–water partition coefficient (Wildman–Crippen LogP) is 7.15. The second kappa shape index (κ2) is 9.67. The molecule has 4 rings (SSSR count). The van der Waals surface area contributed by atoms with E-state index in [1.54, 1.807) is 24.4 Å². The van der Waals surface area contributed by atoms with Crippen molar-refractivity contribution in [2.75, 3.05) is 7.11 Å². The van der Waals surface area contributed by atoms with E-state index >= 15 is 0 Å². The number of hydrogen-bond acceptors (Lipinski definition) is 7. The minimum absolute atomic E-state index is 0.0819. The lowest BCUT2D eigenvalue weighted by Gasteiger charge is -2.18. The van der Waals surface area contributed by atoms with E-state index in [2.05, 4.69) is 29.1 Å². The average molecular weight is 462 g/mol. The van der Waals surface area contributed by atoms with Crippen LogP contribution in [0.3, 0.4) is 0 Å². The third-order valence-electron chi connectivity index (χ3n) is 5.99. The number of aliphatic imine (C=N–C) groups is 1. The molecule has 0 radical (unpaired) electrons. The number of methoxy groups -OCH3 is 1. The first-order chi connectivity index (χ1) is 15.9. The largest absolute Gasteiger partial charge is 0.507 e. The van der Waals surface area contributed by atoms with E-state index in [4.69, 9.17) is 4.74 Å². The molecule has 0 bridgehead atoms. The SMILES string of the molecule is COC(=O)c1c(N=Cc2cc(N=Nc3ccc(C)c(C)c3)ccc2O)sc2c1CC[C@H](C)C2. The molecule has 1 heterocycles. The number of carbonyl (C=O) groups excluding carboxylic acids is 1. The number of hydrogen-bond donors (Lipinski definition) is 1. The molecule has 0 aliphatic heterocycles. The Labute approximate surface area is 197 Å². The molecule has 1 aliphatic carbocycles. The molecule has 3 aromatic rings. The summed E-state index contributed by atoms with van der Waals surface area (Å²) in [5, 5.41) is 19.6. The summed E-state index contributed by atoms with van der Waals surface area (Å²) in [7, 11) is 1.39. The standard InChI is InChI=1S/C26H27N3O3S/c1-15-5-9-21-23(11-15)33-25(24(21)26(31)32-4)27-14-18-13-20(8-10-22(18)30)29-28-19-7-6-16(2)17(3)12-19/h6-8,10,12-15,30H,5,9,11H2,1-4H3/t15-/m0/s1. The third-order valence-corrected chi connectivity index (χ3v) is 7.15. The number of azo groups is 1. The number of ether oxygens (including phenoxy) is 1. The Morgan fingerprint density at radius 2 is 1.85 bits per heavy atom. The number of nitrogens with zero attached hydrogens (tertiary/aromatic N) is 3. The summed E-state index contributed by atoms with van der Waals surface area (Å²) < 4.78 is 5.03. The number of phenols is 1. The van der Waals surface area contributed by atoms with Gasteiger partial charge in [0.25, 0.3) is 0 Å². The predicted molar refractivity (Wildman–Crippen MR) is 132 cm³/mol. The Kier molecular flexibility index (Phi) is 6.70. The molecular weight excluding hydrogens is 434 g/mol. The van der Waals surface area contributed by atoms with Gasteiger partial charge in [0.2, 0.25) is 0 Å². The van der Waals surface area contributed by atoms with Gasteiger partial charge in [-0.3, -0.25) is 0 Å². The summed E-state index contributed by atoms with van der Waals surface area (Å²) in [5.74, 6) is 0.301. The molecule has 0 saturated carbocycles. The van der Waals surface area contributed by atoms with Crippen molar-refractivity contribution in [3.05, 3.63) is 69.1 Å². The van der Waals surface area contributed by atoms with Gasteiger partial charge in [-0.1, -0.05) is 13.0 Å². The van der Waals surface area contributed by atoms with E-state index in [9.17, 15) is 9.90 Å². The molecule has 0 amide bonds. The Morgan fingerprint density at radius 1 is 1.12 bits per heavy atom. The molecule has 2 aromatic carbocycles. The second-order valence-electron chi connectivity index (χ2n) is 8.49. The van der Waals surface area contributed by atoms with Crippen molar-refractivity contribution in [1.82, 2.24) is 0 Å². The minimum Gasteiger partial charge on any atom is -0.507 e. The Hall–Kier alpha value is -3.32. The molecule has 0 saturated heterocycles. The van der Waals surface area contributed by atoms with Gasteiger partial charge in [-0.25, -0.2) is 9.79 Å². The topological polar surface area (TPSA) is 83.6 Å². The summed E-state index contributed by atoms with van der Waals surface area (Å²) in [6, 6.07) is 10.9. The van der Waals surface area contributed by atoms with Crippen LogP contribution >= 0.6 is 11.3 Å². The van der Waals surface area contributed by atoms with Crippen molar-refractivity contribution in [2.24, 2.45) is 21.1 Å². The number of aryl methyl sites for hydroxylation is 2. The van der Waals surface area contributed by atoms with Crippen LogP contribution in [-0.2, 0) is 17.6 Å². The lowest BCUT2D eigenvalue weighted by molar-refractivity contribution is 0.0600. The number of esters is 1. The molecule has 1 aromatic heterocycles. The highest BCUT2D eigenvalue weighted by Crippen LogP contribution is 2.41. The van der Waals surface area contributed by atoms with Crippen molar-refractivity contribution in [3.8, 4) is 5.75 Å². The Morgan fingerprint density at radius 3 is 2.58 bits per heavy atom. The number of benzene rings is 2. The van der Waals surface area contributed by atoms with Crippen LogP contribution in [0.5, 0.6) is 5.75 Å². The van der Waals surface area contributed by atoms with Gasteiger partial charge in [0.1, 0.15) is 10.8 Å². The maximum atomic E-state index is 12.5. The first kappa shape index (κ1) is 22.9. The molecule has 0 fully saturated rings. The van der Waals surface area contributed by atoms with Crippen LogP contribution in [0, 0.1) is 19.8 Å². The molecule has 1 atom stereocenters. The molecule has 1 N–H and O–H groups in total. The lowest BCUT2D eigenvalue weighted by Crippen LogP contribution is -2.12. The molecule has 33 heavy (non-hydrogen) atoms. The zero-order valence-corrected chi connectivity index (χ0v) is 20.1. The number of carbonyl (C=O) groups is 1. The van der Waals surface area contributed by atoms with E-state index in [1.165, 1.54) is 28.9 Å². The first-order valence-electron chi connectivity index (χ1n) is 10.9. The highest BCUT2D eigenvalue weighted by Gasteiger charge is 2.27. The smallest absolute Gasteiger partial charge is 0.341 e. The van der Waals surface area contributed by atoms with E-state index in [0.29, 0.717) is 27.7 Å². The number of thiophene rings is 1. The highest BCUT2D eigenvalue weighted by molar-refractivity contribution is 7.16. The number of phenolic OH excluding ortho intramolecular Hbond substituents is 1. The number of fused-ring (bicyclic) bond motifs is 1. The van der Waals surface area contributed by atoms with Crippen molar-refractivity contribution < 1.29 is 14.6 Å². The van der Waals surface area contributed by atoms with E-state index in [1.807, 2.05) is 25.1 Å². The maximum absolute atomic E-state index is 12.5. The molecular formula is C26H27N3O3S. The monoisotopic (exact) mass is 461 g/mol. The summed E-state index contributed by atoms with van der Waals surface area (Å²) in [6.07, 6.45) is 4.41. The second-order valence-corrected chi connectivity index (χ2v) is 9.58. The van der Waals surface area contributed by atoms with Gasteiger partial charge >= 0.3 is 5.97 Å². The van der Waals surface area contributed by atoms with E-state index in [-0.39, 0.29) is 11.7 Å². The fourth-order valence-electron chi connectivity index (χ4n) is 3.88. The zero-order chi connectivity index (χ0) is 23.5. The van der Waals surface area contributed by atoms with Gasteiger partial charge in [0, 0.05) is 16.7 Å². The molecule has 6 nitrogen and oxygen atoms in total. The van der Waals surface area contributed by atoms with Crippen LogP contribution in [0.4, 0.5) is 16.4 Å². The fraction of sp³-hybridized carbons (Fsp3) is 0.308. The van der Waals surface area contributed by atoms with Gasteiger partial charge in [-0.2, -0.15) is 10.2 Å². The summed E-state index contributed by atoms with van der Waals surface area (Å²) in [5.41, 5.74) is 5.82. The van der Waals surface area contributed by atoms with Gasteiger partial charge in [0.05, 0.1) is 24.0 Å². The first-order valence-corrected chi connectivity index (χ1v) is 11.8. The van der Waals surface area contributed by atoms with Crippen LogP contribution in [0.25, 0.3) is 0 Å². The average Bonchev–Trinajstić information content (AvgIpc) is 3.16. The van der Waals surface area contributed by atoms with Gasteiger partial charge in [0.15, 0.2) is 0 Å². The van der Waals surface area contributed by atoms with Crippen LogP contribution in [0.15, 0.2) is 51.6 Å². The highest BCUT2D eigenvalue weighted by atomic mass is 32.1. The molecule has 0 spiro atoms. The quantitative estimate of drug-likeness (QED) is 0.249. The van der Waals surface area contributed by atoms with Crippen molar-refractivity contribution >= 4 is 39.9 Å². The summed E-state index contributed by atoms with van der Waals surface area (Å²) in [6.45, 7) is 6.31. The maximum Gasteiger partial charge on any atom is 0.341 e. The zero-order valence-electron chi connectivity index (χ0n) is 19.3. The number of rotatable bonds is 5. The normalized spacial score (nSPS) is 15.8. The Balaban J connectivity index is 1.63. The Bertz CT molecular complexity index is 1260. The van der Waals surface area contributed by atoms with Crippen molar-refractivity contribution in [3.63, 3.8) is 0 Å². The summed E-state index contributed by atoms with van der Waals surface area (Å²) >= 11 is 1.53. The van der Waals surface area contributed by atoms with E-state index in [0.717, 1.165) is 36.1 Å². The van der Waals surface area contributed by atoms with Crippen LogP contribution in [-0.4, -0.2) is 24.4 Å². The van der Waals surface area contributed by atoms with Gasteiger partial charge < -0.3 is 9.84 Å². The van der Waals surface area contributed by atoms with E-state index < -0.39 is 0 Å². The fourth-order valence-corrected chi connectivity index (χ4v) is 5.22. The molecule has 170 valence electrons.